The zero-order valence-corrected chi connectivity index (χ0v) is 15.9. The van der Waals surface area contributed by atoms with Crippen molar-refractivity contribution >= 4 is 21.7 Å². The molecule has 6 heteroatoms. The predicted molar refractivity (Wildman–Crippen MR) is 107 cm³/mol. The standard InChI is InChI=1S/C21H19N3O2S/c1-15-12-18(13-19(14-22)17-6-4-3-5-7-17)16(2)24(15)20-8-10-21(11-9-20)27(23,25)26/h3-13H,1-2H3,(H2,23,25,26). The first-order valence-corrected chi connectivity index (χ1v) is 9.85. The number of nitriles is 1. The number of nitrogens with zero attached hydrogens (tertiary/aromatic N) is 2. The summed E-state index contributed by atoms with van der Waals surface area (Å²) in [6, 6.07) is 20.2. The van der Waals surface area contributed by atoms with Gasteiger partial charge in [0.1, 0.15) is 0 Å². The van der Waals surface area contributed by atoms with Gasteiger partial charge < -0.3 is 4.57 Å². The Morgan fingerprint density at radius 1 is 1.07 bits per heavy atom. The number of hydrogen-bond acceptors (Lipinski definition) is 3. The van der Waals surface area contributed by atoms with Crippen LogP contribution in [0.25, 0.3) is 17.3 Å². The summed E-state index contributed by atoms with van der Waals surface area (Å²) < 4.78 is 24.9. The number of primary sulfonamides is 1. The molecule has 0 saturated carbocycles. The molecule has 0 aliphatic rings. The summed E-state index contributed by atoms with van der Waals surface area (Å²) in [4.78, 5) is 0.0738. The van der Waals surface area contributed by atoms with Gasteiger partial charge >= 0.3 is 0 Å². The van der Waals surface area contributed by atoms with Crippen LogP contribution in [0.15, 0.2) is 65.6 Å². The first kappa shape index (κ1) is 18.6. The maximum atomic E-state index is 11.4. The number of sulfonamides is 1. The van der Waals surface area contributed by atoms with Crippen molar-refractivity contribution in [1.29, 1.82) is 5.26 Å². The van der Waals surface area contributed by atoms with Crippen molar-refractivity contribution in [2.24, 2.45) is 5.14 Å². The fourth-order valence-corrected chi connectivity index (χ4v) is 3.58. The molecule has 2 aromatic carbocycles. The highest BCUT2D eigenvalue weighted by Crippen LogP contribution is 2.25. The molecule has 27 heavy (non-hydrogen) atoms. The third-order valence-electron chi connectivity index (χ3n) is 4.40. The van der Waals surface area contributed by atoms with Crippen LogP contribution in [0.5, 0.6) is 0 Å². The number of rotatable bonds is 4. The van der Waals surface area contributed by atoms with Gasteiger partial charge in [-0.1, -0.05) is 30.3 Å². The summed E-state index contributed by atoms with van der Waals surface area (Å²) >= 11 is 0. The van der Waals surface area contributed by atoms with Gasteiger partial charge in [-0.3, -0.25) is 0 Å². The predicted octanol–water partition coefficient (Wildman–Crippen LogP) is 3.81. The van der Waals surface area contributed by atoms with Gasteiger partial charge in [-0.25, -0.2) is 13.6 Å². The quantitative estimate of drug-likeness (QED) is 0.701. The molecule has 1 aromatic heterocycles. The average molecular weight is 377 g/mol. The molecule has 0 aliphatic carbocycles. The molecule has 1 heterocycles. The van der Waals surface area contributed by atoms with Crippen molar-refractivity contribution in [3.63, 3.8) is 0 Å². The second-order valence-electron chi connectivity index (χ2n) is 6.24. The van der Waals surface area contributed by atoms with Gasteiger partial charge in [-0.2, -0.15) is 5.26 Å². The van der Waals surface area contributed by atoms with Crippen molar-refractivity contribution in [3.05, 3.63) is 83.2 Å². The van der Waals surface area contributed by atoms with Gasteiger partial charge in [0.15, 0.2) is 0 Å². The van der Waals surface area contributed by atoms with Crippen LogP contribution in [0.2, 0.25) is 0 Å². The van der Waals surface area contributed by atoms with E-state index in [-0.39, 0.29) is 4.90 Å². The molecule has 3 rings (SSSR count). The second kappa shape index (κ2) is 7.23. The lowest BCUT2D eigenvalue weighted by Crippen LogP contribution is -2.12. The molecule has 0 radical (unpaired) electrons. The number of hydrogen-bond donors (Lipinski definition) is 1. The number of aryl methyl sites for hydroxylation is 1. The molecule has 5 nitrogen and oxygen atoms in total. The monoisotopic (exact) mass is 377 g/mol. The van der Waals surface area contributed by atoms with Crippen LogP contribution in [-0.4, -0.2) is 13.0 Å². The Hall–Kier alpha value is -3.14. The molecule has 0 fully saturated rings. The minimum atomic E-state index is -3.72. The third-order valence-corrected chi connectivity index (χ3v) is 5.33. The van der Waals surface area contributed by atoms with E-state index >= 15 is 0 Å². The van der Waals surface area contributed by atoms with Crippen LogP contribution >= 0.6 is 0 Å². The van der Waals surface area contributed by atoms with Crippen LogP contribution < -0.4 is 5.14 Å². The van der Waals surface area contributed by atoms with Gasteiger partial charge in [0.05, 0.1) is 16.5 Å². The fourth-order valence-electron chi connectivity index (χ4n) is 3.07. The highest BCUT2D eigenvalue weighted by molar-refractivity contribution is 7.89. The molecule has 0 bridgehead atoms. The third kappa shape index (κ3) is 3.85. The SMILES string of the molecule is Cc1cc(C=C(C#N)c2ccccc2)c(C)n1-c1ccc(S(N)(=O)=O)cc1. The van der Waals surface area contributed by atoms with E-state index in [1.54, 1.807) is 12.1 Å². The zero-order chi connectivity index (χ0) is 19.6. The van der Waals surface area contributed by atoms with Gasteiger partial charge in [0.2, 0.25) is 10.0 Å². The maximum Gasteiger partial charge on any atom is 0.238 e. The first-order chi connectivity index (χ1) is 12.8. The Morgan fingerprint density at radius 2 is 1.70 bits per heavy atom. The Balaban J connectivity index is 2.05. The number of benzene rings is 2. The Morgan fingerprint density at radius 3 is 2.26 bits per heavy atom. The molecule has 0 saturated heterocycles. The number of aromatic nitrogens is 1. The molecule has 0 atom stereocenters. The summed E-state index contributed by atoms with van der Waals surface area (Å²) in [7, 11) is -3.72. The van der Waals surface area contributed by atoms with E-state index in [2.05, 4.69) is 6.07 Å². The summed E-state index contributed by atoms with van der Waals surface area (Å²) in [5.74, 6) is 0. The summed E-state index contributed by atoms with van der Waals surface area (Å²) in [6.07, 6.45) is 1.87. The van der Waals surface area contributed by atoms with E-state index in [1.165, 1.54) is 12.1 Å². The van der Waals surface area contributed by atoms with Crippen molar-refractivity contribution in [2.45, 2.75) is 18.7 Å². The normalized spacial score (nSPS) is 12.0. The molecule has 136 valence electrons. The van der Waals surface area contributed by atoms with Crippen LogP contribution in [0, 0.1) is 25.2 Å². The fraction of sp³-hybridized carbons (Fsp3) is 0.0952. The van der Waals surface area contributed by atoms with Crippen LogP contribution in [-0.2, 0) is 10.0 Å². The summed E-state index contributed by atoms with van der Waals surface area (Å²) in [5.41, 5.74) is 5.15. The van der Waals surface area contributed by atoms with Crippen molar-refractivity contribution in [3.8, 4) is 11.8 Å². The Kier molecular flexibility index (Phi) is 5.00. The minimum Gasteiger partial charge on any atom is -0.318 e. The Bertz CT molecular complexity index is 1150. The lowest BCUT2D eigenvalue weighted by molar-refractivity contribution is 0.598. The van der Waals surface area contributed by atoms with E-state index in [1.807, 2.05) is 60.9 Å². The lowest BCUT2D eigenvalue weighted by atomic mass is 10.0. The van der Waals surface area contributed by atoms with Crippen molar-refractivity contribution in [1.82, 2.24) is 4.57 Å². The molecule has 3 aromatic rings. The molecule has 0 amide bonds. The average Bonchev–Trinajstić information content (AvgIpc) is 2.93. The number of nitrogens with two attached hydrogens (primary N) is 1. The minimum absolute atomic E-state index is 0.0738. The summed E-state index contributed by atoms with van der Waals surface area (Å²) in [6.45, 7) is 3.93. The highest BCUT2D eigenvalue weighted by Gasteiger charge is 2.12. The van der Waals surface area contributed by atoms with Crippen molar-refractivity contribution in [2.75, 3.05) is 0 Å². The smallest absolute Gasteiger partial charge is 0.238 e. The van der Waals surface area contributed by atoms with Crippen LogP contribution in [0.4, 0.5) is 0 Å². The topological polar surface area (TPSA) is 88.9 Å². The van der Waals surface area contributed by atoms with Gasteiger partial charge in [0, 0.05) is 17.1 Å². The van der Waals surface area contributed by atoms with Crippen LogP contribution in [0.3, 0.4) is 0 Å². The first-order valence-electron chi connectivity index (χ1n) is 8.30. The lowest BCUT2D eigenvalue weighted by Gasteiger charge is -2.10. The molecule has 0 aliphatic heterocycles. The van der Waals surface area contributed by atoms with Gasteiger partial charge in [-0.15, -0.1) is 0 Å². The maximum absolute atomic E-state index is 11.4. The van der Waals surface area contributed by atoms with E-state index in [0.29, 0.717) is 5.57 Å². The molecule has 0 unspecified atom stereocenters. The second-order valence-corrected chi connectivity index (χ2v) is 7.80. The molecular formula is C21H19N3O2S. The zero-order valence-electron chi connectivity index (χ0n) is 15.0. The van der Waals surface area contributed by atoms with E-state index in [9.17, 15) is 13.7 Å². The van der Waals surface area contributed by atoms with E-state index in [0.717, 1.165) is 28.2 Å². The highest BCUT2D eigenvalue weighted by atomic mass is 32.2. The van der Waals surface area contributed by atoms with Crippen LogP contribution in [0.1, 0.15) is 22.5 Å². The van der Waals surface area contributed by atoms with Gasteiger partial charge in [0.25, 0.3) is 0 Å². The largest absolute Gasteiger partial charge is 0.318 e. The van der Waals surface area contributed by atoms with Crippen molar-refractivity contribution < 1.29 is 8.42 Å². The van der Waals surface area contributed by atoms with E-state index in [4.69, 9.17) is 5.14 Å². The molecule has 2 N–H and O–H groups in total. The molecule has 0 spiro atoms. The Labute approximate surface area is 159 Å². The van der Waals surface area contributed by atoms with Gasteiger partial charge in [-0.05, 0) is 61.4 Å². The summed E-state index contributed by atoms with van der Waals surface area (Å²) in [5, 5.41) is 14.7. The van der Waals surface area contributed by atoms with E-state index < -0.39 is 10.0 Å². The number of allylic oxidation sites excluding steroid dienone is 1. The molecular weight excluding hydrogens is 358 g/mol.